The van der Waals surface area contributed by atoms with Crippen LogP contribution in [0.25, 0.3) is 5.70 Å². The molecular weight excluding hydrogens is 286 g/mol. The van der Waals surface area contributed by atoms with Crippen molar-refractivity contribution < 1.29 is 26.3 Å². The van der Waals surface area contributed by atoms with Crippen molar-refractivity contribution in [3.63, 3.8) is 0 Å². The molecule has 0 aromatic carbocycles. The Hall–Kier alpha value is -1.86. The standard InChI is InChI=1S/C12H8F6N2/c13-11(14,15)10(12(16,17)18)5-4-9(20-7-10)8-3-1-2-6-19-8/h1-4,6-7H,5H2. The molecule has 0 radical (unpaired) electrons. The van der Waals surface area contributed by atoms with Gasteiger partial charge < -0.3 is 0 Å². The van der Waals surface area contributed by atoms with Crippen molar-refractivity contribution in [2.75, 3.05) is 0 Å². The number of alkyl halides is 6. The largest absolute Gasteiger partial charge is 0.408 e. The first-order chi connectivity index (χ1) is 9.17. The minimum absolute atomic E-state index is 0.00488. The van der Waals surface area contributed by atoms with Crippen LogP contribution in [-0.2, 0) is 0 Å². The zero-order valence-corrected chi connectivity index (χ0v) is 9.83. The summed E-state index contributed by atoms with van der Waals surface area (Å²) in [5, 5.41) is 0. The minimum Gasteiger partial charge on any atom is -0.258 e. The van der Waals surface area contributed by atoms with Crippen LogP contribution >= 0.6 is 0 Å². The Morgan fingerprint density at radius 3 is 2.05 bits per heavy atom. The quantitative estimate of drug-likeness (QED) is 0.718. The number of allylic oxidation sites excluding steroid dienone is 1. The van der Waals surface area contributed by atoms with Crippen molar-refractivity contribution in [3.8, 4) is 0 Å². The van der Waals surface area contributed by atoms with Gasteiger partial charge in [-0.1, -0.05) is 12.1 Å². The smallest absolute Gasteiger partial charge is 0.258 e. The van der Waals surface area contributed by atoms with Crippen LogP contribution in [0.3, 0.4) is 0 Å². The van der Waals surface area contributed by atoms with E-state index in [4.69, 9.17) is 0 Å². The van der Waals surface area contributed by atoms with E-state index in [0.29, 0.717) is 0 Å². The predicted molar refractivity (Wildman–Crippen MR) is 59.9 cm³/mol. The van der Waals surface area contributed by atoms with Gasteiger partial charge in [0.05, 0.1) is 11.4 Å². The van der Waals surface area contributed by atoms with E-state index in [1.54, 1.807) is 12.1 Å². The third kappa shape index (κ3) is 2.30. The lowest BCUT2D eigenvalue weighted by molar-refractivity contribution is -0.309. The van der Waals surface area contributed by atoms with Gasteiger partial charge >= 0.3 is 12.4 Å². The number of hydrogen-bond donors (Lipinski definition) is 0. The predicted octanol–water partition coefficient (Wildman–Crippen LogP) is 4.01. The molecule has 0 saturated carbocycles. The van der Waals surface area contributed by atoms with E-state index in [2.05, 4.69) is 9.98 Å². The average Bonchev–Trinajstić information content (AvgIpc) is 2.37. The van der Waals surface area contributed by atoms with E-state index in [9.17, 15) is 26.3 Å². The van der Waals surface area contributed by atoms with Gasteiger partial charge in [0.25, 0.3) is 0 Å². The van der Waals surface area contributed by atoms with Gasteiger partial charge in [-0.25, -0.2) is 0 Å². The summed E-state index contributed by atoms with van der Waals surface area (Å²) < 4.78 is 76.6. The van der Waals surface area contributed by atoms with Crippen LogP contribution in [-0.4, -0.2) is 23.6 Å². The molecule has 2 heterocycles. The molecule has 1 aliphatic rings. The summed E-state index contributed by atoms with van der Waals surface area (Å²) >= 11 is 0. The third-order valence-corrected chi connectivity index (χ3v) is 2.98. The lowest BCUT2D eigenvalue weighted by Gasteiger charge is -2.34. The maximum absolute atomic E-state index is 12.8. The maximum atomic E-state index is 12.8. The van der Waals surface area contributed by atoms with Crippen LogP contribution in [0.15, 0.2) is 35.5 Å². The SMILES string of the molecule is FC(F)(F)C1(C(F)(F)F)C=NC(c2ccccn2)=CC1. The van der Waals surface area contributed by atoms with E-state index in [1.807, 2.05) is 0 Å². The number of aromatic nitrogens is 1. The molecule has 0 unspecified atom stereocenters. The Kier molecular flexibility index (Phi) is 3.35. The number of halogens is 6. The monoisotopic (exact) mass is 294 g/mol. The van der Waals surface area contributed by atoms with Gasteiger partial charge in [-0.2, -0.15) is 26.3 Å². The summed E-state index contributed by atoms with van der Waals surface area (Å²) in [6, 6.07) is 4.59. The molecule has 0 spiro atoms. The number of pyridine rings is 1. The summed E-state index contributed by atoms with van der Waals surface area (Å²) in [4.78, 5) is 7.15. The van der Waals surface area contributed by atoms with Gasteiger partial charge in [-0.05, 0) is 18.6 Å². The van der Waals surface area contributed by atoms with E-state index < -0.39 is 24.2 Å². The number of nitrogens with zero attached hydrogens (tertiary/aromatic N) is 2. The van der Waals surface area contributed by atoms with Crippen LogP contribution in [0.5, 0.6) is 0 Å². The second-order valence-corrected chi connectivity index (χ2v) is 4.23. The highest BCUT2D eigenvalue weighted by Crippen LogP contribution is 2.53. The molecule has 1 aromatic rings. The molecule has 0 aliphatic carbocycles. The first-order valence-electron chi connectivity index (χ1n) is 5.48. The van der Waals surface area contributed by atoms with Crippen LogP contribution in [0, 0.1) is 5.41 Å². The molecule has 1 aliphatic heterocycles. The van der Waals surface area contributed by atoms with E-state index >= 15 is 0 Å². The van der Waals surface area contributed by atoms with Gasteiger partial charge in [0, 0.05) is 12.4 Å². The molecule has 1 aromatic heterocycles. The van der Waals surface area contributed by atoms with Crippen LogP contribution in [0.4, 0.5) is 26.3 Å². The Balaban J connectivity index is 2.38. The normalized spacial score (nSPS) is 18.8. The fourth-order valence-electron chi connectivity index (χ4n) is 1.77. The van der Waals surface area contributed by atoms with Crippen LogP contribution in [0.2, 0.25) is 0 Å². The summed E-state index contributed by atoms with van der Waals surface area (Å²) in [6.45, 7) is 0. The first-order valence-corrected chi connectivity index (χ1v) is 5.48. The molecule has 0 atom stereocenters. The lowest BCUT2D eigenvalue weighted by Crippen LogP contribution is -2.51. The van der Waals surface area contributed by atoms with Gasteiger partial charge in [0.2, 0.25) is 0 Å². The molecular formula is C12H8F6N2. The zero-order valence-electron chi connectivity index (χ0n) is 9.83. The highest BCUT2D eigenvalue weighted by molar-refractivity contribution is 5.80. The maximum Gasteiger partial charge on any atom is 0.408 e. The van der Waals surface area contributed by atoms with Crippen molar-refractivity contribution in [2.24, 2.45) is 10.4 Å². The van der Waals surface area contributed by atoms with E-state index in [-0.39, 0.29) is 17.6 Å². The highest BCUT2D eigenvalue weighted by atomic mass is 19.4. The zero-order chi connectivity index (χ0) is 15.0. The number of aliphatic imine (C=N–C) groups is 1. The number of hydrogen-bond acceptors (Lipinski definition) is 2. The summed E-state index contributed by atoms with van der Waals surface area (Å²) in [5.74, 6) is 0. The minimum atomic E-state index is -5.46. The summed E-state index contributed by atoms with van der Waals surface area (Å²) in [7, 11) is 0. The molecule has 108 valence electrons. The summed E-state index contributed by atoms with van der Waals surface area (Å²) in [5.41, 5.74) is -3.71. The van der Waals surface area contributed by atoms with E-state index in [1.165, 1.54) is 12.3 Å². The van der Waals surface area contributed by atoms with Crippen molar-refractivity contribution in [3.05, 3.63) is 36.2 Å². The molecule has 0 amide bonds. The Morgan fingerprint density at radius 1 is 1.00 bits per heavy atom. The molecule has 8 heteroatoms. The van der Waals surface area contributed by atoms with Gasteiger partial charge in [0.15, 0.2) is 5.41 Å². The lowest BCUT2D eigenvalue weighted by atomic mass is 9.82. The van der Waals surface area contributed by atoms with Crippen LogP contribution < -0.4 is 0 Å². The van der Waals surface area contributed by atoms with Crippen molar-refractivity contribution in [2.45, 2.75) is 18.8 Å². The molecule has 2 rings (SSSR count). The molecule has 0 saturated heterocycles. The van der Waals surface area contributed by atoms with Gasteiger partial charge in [0.1, 0.15) is 0 Å². The molecule has 2 nitrogen and oxygen atoms in total. The molecule has 0 N–H and O–H groups in total. The van der Waals surface area contributed by atoms with Crippen molar-refractivity contribution in [1.29, 1.82) is 0 Å². The molecule has 20 heavy (non-hydrogen) atoms. The average molecular weight is 294 g/mol. The second kappa shape index (κ2) is 4.60. The Morgan fingerprint density at radius 2 is 1.65 bits per heavy atom. The second-order valence-electron chi connectivity index (χ2n) is 4.23. The molecule has 0 fully saturated rings. The highest BCUT2D eigenvalue weighted by Gasteiger charge is 2.69. The third-order valence-electron chi connectivity index (χ3n) is 2.98. The Bertz CT molecular complexity index is 527. The van der Waals surface area contributed by atoms with Crippen molar-refractivity contribution >= 4 is 11.9 Å². The van der Waals surface area contributed by atoms with Gasteiger partial charge in [-0.15, -0.1) is 0 Å². The van der Waals surface area contributed by atoms with Crippen LogP contribution in [0.1, 0.15) is 12.1 Å². The number of rotatable bonds is 1. The topological polar surface area (TPSA) is 25.2 Å². The fourth-order valence-corrected chi connectivity index (χ4v) is 1.77. The first kappa shape index (κ1) is 14.5. The van der Waals surface area contributed by atoms with E-state index in [0.717, 1.165) is 6.08 Å². The van der Waals surface area contributed by atoms with Gasteiger partial charge in [-0.3, -0.25) is 9.98 Å². The fraction of sp³-hybridized carbons (Fsp3) is 0.333. The Labute approximate surface area is 109 Å². The van der Waals surface area contributed by atoms with Crippen molar-refractivity contribution in [1.82, 2.24) is 4.98 Å². The summed E-state index contributed by atoms with van der Waals surface area (Å²) in [6.07, 6.45) is -10.0. The molecule has 0 bridgehead atoms.